The number of hydrogen-bond acceptors (Lipinski definition) is 7. The number of likely N-dealkylation sites (tertiary alicyclic amines) is 1. The lowest BCUT2D eigenvalue weighted by molar-refractivity contribution is -0.138. The SMILES string of the molecule is COC1CN=CC(C2CC(C)C3C(=O)N(C4CCN(CC(C)(C)O)N4)C(C)(C)C3N2)C1. The van der Waals surface area contributed by atoms with E-state index in [1.165, 1.54) is 0 Å². The first kappa shape index (κ1) is 23.1. The lowest BCUT2D eigenvalue weighted by Crippen LogP contribution is -2.62. The van der Waals surface area contributed by atoms with E-state index < -0.39 is 5.60 Å². The molecule has 4 heterocycles. The van der Waals surface area contributed by atoms with Gasteiger partial charge in [0.05, 0.1) is 35.9 Å². The number of carbonyl (C=O) groups excluding carboxylic acids is 1. The van der Waals surface area contributed by atoms with Crippen molar-refractivity contribution in [2.24, 2.45) is 22.7 Å². The Kier molecular flexibility index (Phi) is 6.24. The fraction of sp³-hybridized carbons (Fsp3) is 0.913. The highest BCUT2D eigenvalue weighted by molar-refractivity contribution is 5.84. The van der Waals surface area contributed by atoms with E-state index in [0.29, 0.717) is 24.4 Å². The molecular weight excluding hydrogens is 394 g/mol. The molecule has 0 spiro atoms. The maximum absolute atomic E-state index is 13.7. The molecule has 0 aromatic heterocycles. The highest BCUT2D eigenvalue weighted by Gasteiger charge is 2.60. The Hall–Kier alpha value is -1.06. The van der Waals surface area contributed by atoms with Crippen LogP contribution in [0.25, 0.3) is 0 Å². The molecule has 1 amide bonds. The van der Waals surface area contributed by atoms with E-state index in [4.69, 9.17) is 4.74 Å². The first-order valence-electron chi connectivity index (χ1n) is 11.9. The van der Waals surface area contributed by atoms with Gasteiger partial charge in [0.1, 0.15) is 0 Å². The molecule has 7 atom stereocenters. The number of rotatable bonds is 5. The van der Waals surface area contributed by atoms with Gasteiger partial charge < -0.3 is 20.1 Å². The van der Waals surface area contributed by atoms with Crippen LogP contribution >= 0.6 is 0 Å². The van der Waals surface area contributed by atoms with Gasteiger partial charge in [-0.05, 0) is 52.9 Å². The minimum atomic E-state index is -0.773. The molecule has 0 aliphatic carbocycles. The average Bonchev–Trinajstić information content (AvgIpc) is 3.20. The van der Waals surface area contributed by atoms with Crippen LogP contribution in [0.5, 0.6) is 0 Å². The molecule has 3 saturated heterocycles. The molecule has 0 radical (unpaired) electrons. The van der Waals surface area contributed by atoms with Crippen LogP contribution in [-0.2, 0) is 9.53 Å². The molecule has 3 N–H and O–H groups in total. The van der Waals surface area contributed by atoms with Gasteiger partial charge in [-0.1, -0.05) is 6.92 Å². The Labute approximate surface area is 186 Å². The summed E-state index contributed by atoms with van der Waals surface area (Å²) in [5, 5.41) is 16.1. The molecule has 4 rings (SSSR count). The van der Waals surface area contributed by atoms with E-state index in [0.717, 1.165) is 32.4 Å². The van der Waals surface area contributed by atoms with Crippen LogP contribution in [0.4, 0.5) is 0 Å². The molecule has 3 fully saturated rings. The normalized spacial score (nSPS) is 41.1. The zero-order valence-corrected chi connectivity index (χ0v) is 20.0. The standard InChI is InChI=1S/C23H41N5O3/c1-14-9-17(15-10-16(31-6)12-24-11-15)25-20-19(14)21(29)28(23(20,4)5)18-7-8-27(26-18)13-22(2,3)30/h11,14-20,25-26,30H,7-10,12-13H2,1-6H3. The zero-order valence-electron chi connectivity index (χ0n) is 20.0. The quantitative estimate of drug-likeness (QED) is 0.597. The maximum Gasteiger partial charge on any atom is 0.229 e. The third-order valence-electron chi connectivity index (χ3n) is 7.78. The lowest BCUT2D eigenvalue weighted by atomic mass is 9.72. The number of hydrogen-bond donors (Lipinski definition) is 3. The van der Waals surface area contributed by atoms with Gasteiger partial charge in [-0.2, -0.15) is 0 Å². The first-order chi connectivity index (χ1) is 14.5. The van der Waals surface area contributed by atoms with Crippen molar-refractivity contribution in [3.8, 4) is 0 Å². The number of carbonyl (C=O) groups is 1. The molecule has 0 bridgehead atoms. The van der Waals surface area contributed by atoms with Crippen LogP contribution < -0.4 is 10.7 Å². The smallest absolute Gasteiger partial charge is 0.229 e. The van der Waals surface area contributed by atoms with Crippen molar-refractivity contribution in [1.82, 2.24) is 20.7 Å². The van der Waals surface area contributed by atoms with Gasteiger partial charge in [-0.25, -0.2) is 10.4 Å². The maximum atomic E-state index is 13.7. The molecule has 4 aliphatic rings. The van der Waals surface area contributed by atoms with Crippen LogP contribution in [0.3, 0.4) is 0 Å². The van der Waals surface area contributed by atoms with Crippen LogP contribution in [0.1, 0.15) is 53.9 Å². The van der Waals surface area contributed by atoms with Crippen molar-refractivity contribution in [2.45, 2.75) is 89.4 Å². The minimum absolute atomic E-state index is 0.00451. The number of piperidine rings is 1. The Morgan fingerprint density at radius 3 is 2.77 bits per heavy atom. The Balaban J connectivity index is 1.50. The summed E-state index contributed by atoms with van der Waals surface area (Å²) in [5.74, 6) is 0.908. The average molecular weight is 436 g/mol. The summed E-state index contributed by atoms with van der Waals surface area (Å²) >= 11 is 0. The molecule has 8 heteroatoms. The molecule has 0 saturated carbocycles. The lowest BCUT2D eigenvalue weighted by Gasteiger charge is -2.45. The highest BCUT2D eigenvalue weighted by atomic mass is 16.5. The van der Waals surface area contributed by atoms with E-state index in [1.54, 1.807) is 7.11 Å². The van der Waals surface area contributed by atoms with Gasteiger partial charge >= 0.3 is 0 Å². The predicted octanol–water partition coefficient (Wildman–Crippen LogP) is 1.00. The number of aliphatic hydroxyl groups is 1. The van der Waals surface area contributed by atoms with E-state index in [-0.39, 0.29) is 35.7 Å². The summed E-state index contributed by atoms with van der Waals surface area (Å²) in [6, 6.07) is 0.420. The van der Waals surface area contributed by atoms with Gasteiger partial charge in [-0.3, -0.25) is 9.79 Å². The van der Waals surface area contributed by atoms with Crippen LogP contribution in [0, 0.1) is 17.8 Å². The molecule has 176 valence electrons. The van der Waals surface area contributed by atoms with Crippen molar-refractivity contribution in [2.75, 3.05) is 26.7 Å². The largest absolute Gasteiger partial charge is 0.389 e. The number of hydrazine groups is 1. The Morgan fingerprint density at radius 1 is 1.35 bits per heavy atom. The molecular formula is C23H41N5O3. The summed E-state index contributed by atoms with van der Waals surface area (Å²) in [5.41, 5.74) is 2.43. The summed E-state index contributed by atoms with van der Waals surface area (Å²) in [6.07, 6.45) is 5.09. The fourth-order valence-electron chi connectivity index (χ4n) is 6.34. The first-order valence-corrected chi connectivity index (χ1v) is 11.9. The van der Waals surface area contributed by atoms with Gasteiger partial charge in [0.25, 0.3) is 0 Å². The van der Waals surface area contributed by atoms with E-state index >= 15 is 0 Å². The number of nitrogens with one attached hydrogen (secondary N) is 2. The predicted molar refractivity (Wildman–Crippen MR) is 121 cm³/mol. The van der Waals surface area contributed by atoms with Crippen LogP contribution in [-0.4, -0.2) is 89.4 Å². The van der Waals surface area contributed by atoms with Gasteiger partial charge in [0, 0.05) is 44.4 Å². The molecule has 8 nitrogen and oxygen atoms in total. The number of nitrogens with zero attached hydrogens (tertiary/aromatic N) is 3. The van der Waals surface area contributed by atoms with Gasteiger partial charge in [-0.15, -0.1) is 0 Å². The van der Waals surface area contributed by atoms with Crippen molar-refractivity contribution in [1.29, 1.82) is 0 Å². The van der Waals surface area contributed by atoms with Crippen molar-refractivity contribution in [3.05, 3.63) is 0 Å². The number of aliphatic imine (C=N–C) groups is 1. The van der Waals surface area contributed by atoms with Gasteiger partial charge in [0.15, 0.2) is 0 Å². The number of β-amino-alcohol motifs (C(OH)–C–C–N with tert-alkyl or cyclic N) is 1. The Morgan fingerprint density at radius 2 is 2.10 bits per heavy atom. The summed E-state index contributed by atoms with van der Waals surface area (Å²) in [7, 11) is 1.77. The van der Waals surface area contributed by atoms with Gasteiger partial charge in [0.2, 0.25) is 5.91 Å². The summed E-state index contributed by atoms with van der Waals surface area (Å²) in [4.78, 5) is 20.3. The van der Waals surface area contributed by atoms with E-state index in [9.17, 15) is 9.90 Å². The molecule has 0 aromatic rings. The number of fused-ring (bicyclic) bond motifs is 1. The molecule has 0 aromatic carbocycles. The number of methoxy groups -OCH3 is 1. The van der Waals surface area contributed by atoms with Crippen molar-refractivity contribution in [3.63, 3.8) is 0 Å². The molecule has 31 heavy (non-hydrogen) atoms. The van der Waals surface area contributed by atoms with Crippen LogP contribution in [0.15, 0.2) is 4.99 Å². The fourth-order valence-corrected chi connectivity index (χ4v) is 6.34. The van der Waals surface area contributed by atoms with Crippen molar-refractivity contribution < 1.29 is 14.6 Å². The monoisotopic (exact) mass is 435 g/mol. The Bertz CT molecular complexity index is 706. The minimum Gasteiger partial charge on any atom is -0.389 e. The zero-order chi connectivity index (χ0) is 22.6. The van der Waals surface area contributed by atoms with E-state index in [2.05, 4.69) is 52.6 Å². The number of amides is 1. The van der Waals surface area contributed by atoms with Crippen molar-refractivity contribution >= 4 is 12.1 Å². The summed E-state index contributed by atoms with van der Waals surface area (Å²) < 4.78 is 5.58. The number of ether oxygens (including phenoxy) is 1. The second-order valence-corrected chi connectivity index (χ2v) is 11.3. The van der Waals surface area contributed by atoms with Crippen LogP contribution in [0.2, 0.25) is 0 Å². The topological polar surface area (TPSA) is 89.4 Å². The molecule has 7 unspecified atom stereocenters. The van der Waals surface area contributed by atoms with E-state index in [1.807, 2.05) is 13.8 Å². The summed E-state index contributed by atoms with van der Waals surface area (Å²) in [6.45, 7) is 12.4. The second kappa shape index (κ2) is 8.37. The second-order valence-electron chi connectivity index (χ2n) is 11.3. The highest BCUT2D eigenvalue weighted by Crippen LogP contribution is 2.45. The third kappa shape index (κ3) is 4.42. The third-order valence-corrected chi connectivity index (χ3v) is 7.78. The molecule has 4 aliphatic heterocycles.